The normalized spacial score (nSPS) is 26.2. The van der Waals surface area contributed by atoms with Gasteiger partial charge in [0.05, 0.1) is 0 Å². The maximum Gasteiger partial charge on any atom is 0.126 e. The molecule has 0 aliphatic heterocycles. The summed E-state index contributed by atoms with van der Waals surface area (Å²) in [6, 6.07) is 3.67. The molecule has 1 heterocycles. The number of anilines is 1. The summed E-state index contributed by atoms with van der Waals surface area (Å²) in [5, 5.41) is 0. The van der Waals surface area contributed by atoms with Crippen molar-refractivity contribution in [2.45, 2.75) is 38.7 Å². The Kier molecular flexibility index (Phi) is 3.09. The lowest BCUT2D eigenvalue weighted by Gasteiger charge is -2.29. The molecule has 3 nitrogen and oxygen atoms in total. The van der Waals surface area contributed by atoms with E-state index in [4.69, 9.17) is 10.5 Å². The van der Waals surface area contributed by atoms with E-state index in [2.05, 4.69) is 11.9 Å². The summed E-state index contributed by atoms with van der Waals surface area (Å²) < 4.78 is 5.93. The first-order valence-corrected chi connectivity index (χ1v) is 5.64. The third kappa shape index (κ3) is 2.61. The highest BCUT2D eigenvalue weighted by atomic mass is 16.5. The summed E-state index contributed by atoms with van der Waals surface area (Å²) >= 11 is 0. The Balaban J connectivity index is 2.01. The van der Waals surface area contributed by atoms with Crippen LogP contribution in [0.1, 0.15) is 32.6 Å². The highest BCUT2D eigenvalue weighted by molar-refractivity contribution is 5.35. The maximum atomic E-state index is 5.93. The van der Waals surface area contributed by atoms with Gasteiger partial charge in [0.15, 0.2) is 0 Å². The average molecular weight is 206 g/mol. The molecule has 2 unspecified atom stereocenters. The number of hydrogen-bond donors (Lipinski definition) is 1. The molecular weight excluding hydrogens is 188 g/mol. The first-order chi connectivity index (χ1) is 7.25. The summed E-state index contributed by atoms with van der Waals surface area (Å²) in [4.78, 5) is 3.95. The summed E-state index contributed by atoms with van der Waals surface area (Å²) in [6.45, 7) is 2.26. The minimum atomic E-state index is 0.348. The van der Waals surface area contributed by atoms with Crippen molar-refractivity contribution in [3.63, 3.8) is 0 Å². The van der Waals surface area contributed by atoms with Gasteiger partial charge in [-0.1, -0.05) is 13.3 Å². The van der Waals surface area contributed by atoms with Gasteiger partial charge in [-0.05, 0) is 31.2 Å². The van der Waals surface area contributed by atoms with Crippen LogP contribution in [0.4, 0.5) is 5.82 Å². The van der Waals surface area contributed by atoms with E-state index >= 15 is 0 Å². The third-order valence-electron chi connectivity index (χ3n) is 3.07. The lowest BCUT2D eigenvalue weighted by Crippen LogP contribution is -2.28. The molecule has 2 atom stereocenters. The zero-order valence-electron chi connectivity index (χ0n) is 9.15. The van der Waals surface area contributed by atoms with Crippen molar-refractivity contribution in [1.82, 2.24) is 4.98 Å². The van der Waals surface area contributed by atoms with Gasteiger partial charge in [-0.15, -0.1) is 0 Å². The zero-order chi connectivity index (χ0) is 10.7. The number of nitrogens with zero attached hydrogens (tertiary/aromatic N) is 1. The van der Waals surface area contributed by atoms with Crippen molar-refractivity contribution in [3.8, 4) is 5.75 Å². The Bertz CT molecular complexity index is 327. The van der Waals surface area contributed by atoms with Gasteiger partial charge < -0.3 is 10.5 Å². The Morgan fingerprint density at radius 3 is 2.93 bits per heavy atom. The number of rotatable bonds is 2. The van der Waals surface area contributed by atoms with Crippen LogP contribution < -0.4 is 10.5 Å². The van der Waals surface area contributed by atoms with Crippen LogP contribution in [0.3, 0.4) is 0 Å². The number of nitrogens with two attached hydrogens (primary N) is 1. The van der Waals surface area contributed by atoms with E-state index in [0.717, 1.165) is 12.2 Å². The lowest BCUT2D eigenvalue weighted by molar-refractivity contribution is 0.102. The molecule has 1 aromatic heterocycles. The summed E-state index contributed by atoms with van der Waals surface area (Å²) in [5.74, 6) is 2.02. The highest BCUT2D eigenvalue weighted by Gasteiger charge is 2.22. The van der Waals surface area contributed by atoms with Crippen LogP contribution in [0.2, 0.25) is 0 Å². The number of pyridine rings is 1. The predicted molar refractivity (Wildman–Crippen MR) is 60.7 cm³/mol. The van der Waals surface area contributed by atoms with Crippen molar-refractivity contribution in [2.75, 3.05) is 5.73 Å². The van der Waals surface area contributed by atoms with Crippen molar-refractivity contribution >= 4 is 5.82 Å². The van der Waals surface area contributed by atoms with E-state index in [1.165, 1.54) is 19.3 Å². The molecule has 0 bridgehead atoms. The molecule has 3 heteroatoms. The molecule has 0 aromatic carbocycles. The van der Waals surface area contributed by atoms with Crippen LogP contribution in [0, 0.1) is 5.92 Å². The second-order valence-electron chi connectivity index (χ2n) is 4.33. The smallest absolute Gasteiger partial charge is 0.126 e. The first kappa shape index (κ1) is 10.3. The minimum Gasteiger partial charge on any atom is -0.490 e. The van der Waals surface area contributed by atoms with Crippen LogP contribution in [0.5, 0.6) is 5.75 Å². The SMILES string of the molecule is CC1CCCCC1Oc1ccnc(N)c1. The molecular formula is C12H18N2O. The molecule has 0 spiro atoms. The molecule has 1 aromatic rings. The van der Waals surface area contributed by atoms with Crippen molar-refractivity contribution < 1.29 is 4.74 Å². The molecule has 2 rings (SSSR count). The molecule has 82 valence electrons. The number of nitrogen functional groups attached to an aromatic ring is 1. The van der Waals surface area contributed by atoms with Gasteiger partial charge in [-0.2, -0.15) is 0 Å². The van der Waals surface area contributed by atoms with E-state index in [9.17, 15) is 0 Å². The second-order valence-corrected chi connectivity index (χ2v) is 4.33. The molecule has 15 heavy (non-hydrogen) atoms. The van der Waals surface area contributed by atoms with Crippen LogP contribution in [0.15, 0.2) is 18.3 Å². The van der Waals surface area contributed by atoms with E-state index < -0.39 is 0 Å². The Morgan fingerprint density at radius 1 is 1.40 bits per heavy atom. The van der Waals surface area contributed by atoms with Gasteiger partial charge in [0.1, 0.15) is 17.7 Å². The van der Waals surface area contributed by atoms with Crippen LogP contribution in [-0.4, -0.2) is 11.1 Å². The Hall–Kier alpha value is -1.25. The zero-order valence-corrected chi connectivity index (χ0v) is 9.15. The fourth-order valence-electron chi connectivity index (χ4n) is 2.13. The molecule has 1 aliphatic rings. The van der Waals surface area contributed by atoms with Crippen molar-refractivity contribution in [1.29, 1.82) is 0 Å². The lowest BCUT2D eigenvalue weighted by atomic mass is 9.88. The molecule has 0 saturated heterocycles. The molecule has 1 aliphatic carbocycles. The number of hydrogen-bond acceptors (Lipinski definition) is 3. The standard InChI is InChI=1S/C12H18N2O/c1-9-4-2-3-5-11(9)15-10-6-7-14-12(13)8-10/h6-9,11H,2-5H2,1H3,(H2,13,14). The van der Waals surface area contributed by atoms with Crippen LogP contribution >= 0.6 is 0 Å². The molecule has 1 fully saturated rings. The van der Waals surface area contributed by atoms with Crippen molar-refractivity contribution in [3.05, 3.63) is 18.3 Å². The van der Waals surface area contributed by atoms with Gasteiger partial charge in [0, 0.05) is 12.3 Å². The van der Waals surface area contributed by atoms with Gasteiger partial charge in [-0.25, -0.2) is 4.98 Å². The molecule has 1 saturated carbocycles. The average Bonchev–Trinajstić information content (AvgIpc) is 2.22. The first-order valence-electron chi connectivity index (χ1n) is 5.64. The predicted octanol–water partition coefficient (Wildman–Crippen LogP) is 2.62. The third-order valence-corrected chi connectivity index (χ3v) is 3.07. The molecule has 2 N–H and O–H groups in total. The van der Waals surface area contributed by atoms with Gasteiger partial charge in [-0.3, -0.25) is 0 Å². The monoisotopic (exact) mass is 206 g/mol. The highest BCUT2D eigenvalue weighted by Crippen LogP contribution is 2.28. The second kappa shape index (κ2) is 4.51. The topological polar surface area (TPSA) is 48.1 Å². The Labute approximate surface area is 90.7 Å². The van der Waals surface area contributed by atoms with Gasteiger partial charge in [0.25, 0.3) is 0 Å². The fourth-order valence-corrected chi connectivity index (χ4v) is 2.13. The van der Waals surface area contributed by atoms with E-state index in [-0.39, 0.29) is 0 Å². The summed E-state index contributed by atoms with van der Waals surface area (Å²) in [7, 11) is 0. The van der Waals surface area contributed by atoms with E-state index in [0.29, 0.717) is 17.8 Å². The number of aromatic nitrogens is 1. The van der Waals surface area contributed by atoms with E-state index in [1.807, 2.05) is 6.07 Å². The van der Waals surface area contributed by atoms with Gasteiger partial charge in [0.2, 0.25) is 0 Å². The van der Waals surface area contributed by atoms with E-state index in [1.54, 1.807) is 12.3 Å². The number of ether oxygens (including phenoxy) is 1. The fraction of sp³-hybridized carbons (Fsp3) is 0.583. The minimum absolute atomic E-state index is 0.348. The molecule has 0 amide bonds. The summed E-state index contributed by atoms with van der Waals surface area (Å²) in [6.07, 6.45) is 7.07. The Morgan fingerprint density at radius 2 is 2.20 bits per heavy atom. The summed E-state index contributed by atoms with van der Waals surface area (Å²) in [5.41, 5.74) is 5.61. The molecule has 0 radical (unpaired) electrons. The quantitative estimate of drug-likeness (QED) is 0.809. The van der Waals surface area contributed by atoms with Crippen LogP contribution in [-0.2, 0) is 0 Å². The largest absolute Gasteiger partial charge is 0.490 e. The maximum absolute atomic E-state index is 5.93. The van der Waals surface area contributed by atoms with Gasteiger partial charge >= 0.3 is 0 Å². The van der Waals surface area contributed by atoms with Crippen molar-refractivity contribution in [2.24, 2.45) is 5.92 Å². The van der Waals surface area contributed by atoms with Crippen LogP contribution in [0.25, 0.3) is 0 Å².